The summed E-state index contributed by atoms with van der Waals surface area (Å²) < 4.78 is 19.1. The Labute approximate surface area is 128 Å². The van der Waals surface area contributed by atoms with Crippen molar-refractivity contribution in [3.8, 4) is 0 Å². The van der Waals surface area contributed by atoms with Crippen molar-refractivity contribution in [2.75, 3.05) is 6.35 Å². The van der Waals surface area contributed by atoms with Gasteiger partial charge in [0.15, 0.2) is 0 Å². The Hall–Kier alpha value is -0.630. The van der Waals surface area contributed by atoms with Crippen LogP contribution < -0.4 is 5.30 Å². The summed E-state index contributed by atoms with van der Waals surface area (Å²) in [6.45, 7) is 6.62. The Bertz CT molecular complexity index is 486. The van der Waals surface area contributed by atoms with E-state index in [0.717, 1.165) is 12.8 Å². The van der Waals surface area contributed by atoms with E-state index in [-0.39, 0.29) is 6.10 Å². The third-order valence-corrected chi connectivity index (χ3v) is 6.67. The summed E-state index contributed by atoms with van der Waals surface area (Å²) in [5, 5.41) is 10.3. The Morgan fingerprint density at radius 3 is 2.52 bits per heavy atom. The maximum Gasteiger partial charge on any atom is 0.256 e. The second-order valence-corrected chi connectivity index (χ2v) is 8.98. The number of rotatable bonds is 5. The van der Waals surface area contributed by atoms with Crippen LogP contribution in [0.15, 0.2) is 30.3 Å². The summed E-state index contributed by atoms with van der Waals surface area (Å²) in [5.41, 5.74) is 0. The van der Waals surface area contributed by atoms with Gasteiger partial charge in [-0.1, -0.05) is 45.4 Å². The van der Waals surface area contributed by atoms with E-state index in [1.807, 2.05) is 18.2 Å². The molecule has 0 amide bonds. The highest BCUT2D eigenvalue weighted by molar-refractivity contribution is 7.66. The smallest absolute Gasteiger partial charge is 0.256 e. The van der Waals surface area contributed by atoms with Crippen LogP contribution in [0.2, 0.25) is 0 Å². The van der Waals surface area contributed by atoms with Crippen molar-refractivity contribution in [2.24, 2.45) is 17.8 Å². The first kappa shape index (κ1) is 16.7. The standard InChI is InChI=1S/C17H27O3P/c1-13(2)16-10-9-14(3)11-17(16)20-21(19,12-18)15-7-5-4-6-8-15/h4-8,13-14,16-18H,9-12H2,1-3H3. The van der Waals surface area contributed by atoms with Crippen molar-refractivity contribution in [3.63, 3.8) is 0 Å². The van der Waals surface area contributed by atoms with Crippen LogP contribution in [0, 0.1) is 17.8 Å². The highest BCUT2D eigenvalue weighted by Crippen LogP contribution is 2.50. The summed E-state index contributed by atoms with van der Waals surface area (Å²) in [7, 11) is -3.17. The summed E-state index contributed by atoms with van der Waals surface area (Å²) in [6, 6.07) is 9.13. The summed E-state index contributed by atoms with van der Waals surface area (Å²) >= 11 is 0. The Balaban J connectivity index is 2.21. The molecule has 4 heteroatoms. The molecule has 1 N–H and O–H groups in total. The van der Waals surface area contributed by atoms with E-state index < -0.39 is 13.7 Å². The predicted molar refractivity (Wildman–Crippen MR) is 87.0 cm³/mol. The van der Waals surface area contributed by atoms with Gasteiger partial charge in [0.05, 0.1) is 6.10 Å². The molecule has 1 aliphatic carbocycles. The van der Waals surface area contributed by atoms with Gasteiger partial charge in [0.2, 0.25) is 0 Å². The largest absolute Gasteiger partial charge is 0.386 e. The Morgan fingerprint density at radius 1 is 1.29 bits per heavy atom. The predicted octanol–water partition coefficient (Wildman–Crippen LogP) is 4.02. The van der Waals surface area contributed by atoms with Gasteiger partial charge in [0.25, 0.3) is 7.37 Å². The zero-order chi connectivity index (χ0) is 15.5. The quantitative estimate of drug-likeness (QED) is 0.836. The lowest BCUT2D eigenvalue weighted by molar-refractivity contribution is 0.0471. The number of hydrogen-bond donors (Lipinski definition) is 1. The van der Waals surface area contributed by atoms with Crippen LogP contribution in [0.3, 0.4) is 0 Å². The van der Waals surface area contributed by atoms with Gasteiger partial charge in [0, 0.05) is 5.30 Å². The van der Waals surface area contributed by atoms with Gasteiger partial charge >= 0.3 is 0 Å². The third kappa shape index (κ3) is 3.97. The highest BCUT2D eigenvalue weighted by Gasteiger charge is 2.37. The molecule has 0 heterocycles. The molecule has 0 radical (unpaired) electrons. The van der Waals surface area contributed by atoms with Gasteiger partial charge in [-0.3, -0.25) is 4.57 Å². The zero-order valence-corrected chi connectivity index (χ0v) is 14.1. The van der Waals surface area contributed by atoms with Crippen molar-refractivity contribution in [3.05, 3.63) is 30.3 Å². The van der Waals surface area contributed by atoms with E-state index in [0.29, 0.717) is 23.1 Å². The molecule has 1 saturated carbocycles. The molecule has 2 rings (SSSR count). The van der Waals surface area contributed by atoms with Gasteiger partial charge in [-0.25, -0.2) is 0 Å². The lowest BCUT2D eigenvalue weighted by atomic mass is 9.75. The summed E-state index contributed by atoms with van der Waals surface area (Å²) in [4.78, 5) is 0. The minimum atomic E-state index is -3.17. The second-order valence-electron chi connectivity index (χ2n) is 6.62. The molecule has 4 unspecified atom stereocenters. The van der Waals surface area contributed by atoms with E-state index in [4.69, 9.17) is 4.52 Å². The number of aliphatic hydroxyl groups excluding tert-OH is 1. The van der Waals surface area contributed by atoms with Gasteiger partial charge in [0.1, 0.15) is 6.35 Å². The molecule has 1 aliphatic rings. The summed E-state index contributed by atoms with van der Waals surface area (Å²) in [6.07, 6.45) is 2.81. The first-order chi connectivity index (χ1) is 9.96. The molecule has 0 bridgehead atoms. The number of aliphatic hydroxyl groups is 1. The lowest BCUT2D eigenvalue weighted by Crippen LogP contribution is -2.34. The maximum absolute atomic E-state index is 13.1. The van der Waals surface area contributed by atoms with E-state index >= 15 is 0 Å². The van der Waals surface area contributed by atoms with Crippen LogP contribution >= 0.6 is 7.37 Å². The zero-order valence-electron chi connectivity index (χ0n) is 13.2. The van der Waals surface area contributed by atoms with Crippen molar-refractivity contribution in [2.45, 2.75) is 46.1 Å². The van der Waals surface area contributed by atoms with E-state index in [1.165, 1.54) is 6.42 Å². The molecule has 0 aromatic heterocycles. The van der Waals surface area contributed by atoms with Crippen LogP contribution in [0.5, 0.6) is 0 Å². The normalized spacial score (nSPS) is 29.3. The fraction of sp³-hybridized carbons (Fsp3) is 0.647. The molecule has 1 fully saturated rings. The van der Waals surface area contributed by atoms with Crippen molar-refractivity contribution in [1.82, 2.24) is 0 Å². The van der Waals surface area contributed by atoms with Crippen LogP contribution in [-0.4, -0.2) is 17.6 Å². The third-order valence-electron chi connectivity index (χ3n) is 4.60. The van der Waals surface area contributed by atoms with Gasteiger partial charge in [-0.05, 0) is 42.7 Å². The van der Waals surface area contributed by atoms with Crippen LogP contribution in [0.4, 0.5) is 0 Å². The molecule has 0 saturated heterocycles. The maximum atomic E-state index is 13.1. The first-order valence-electron chi connectivity index (χ1n) is 7.90. The summed E-state index contributed by atoms with van der Waals surface area (Å²) in [5.74, 6) is 1.52. The van der Waals surface area contributed by atoms with Gasteiger partial charge in [-0.2, -0.15) is 0 Å². The molecule has 0 spiro atoms. The molecule has 1 aromatic rings. The average molecular weight is 310 g/mol. The van der Waals surface area contributed by atoms with Crippen LogP contribution in [0.1, 0.15) is 40.0 Å². The molecule has 118 valence electrons. The second kappa shape index (κ2) is 7.09. The lowest BCUT2D eigenvalue weighted by Gasteiger charge is -2.38. The van der Waals surface area contributed by atoms with Crippen LogP contribution in [-0.2, 0) is 9.09 Å². The molecule has 0 aliphatic heterocycles. The number of hydrogen-bond acceptors (Lipinski definition) is 3. The molecular formula is C17H27O3P. The Morgan fingerprint density at radius 2 is 1.95 bits per heavy atom. The fourth-order valence-corrected chi connectivity index (χ4v) is 4.94. The Kier molecular flexibility index (Phi) is 5.65. The number of benzene rings is 1. The molecule has 3 nitrogen and oxygen atoms in total. The van der Waals surface area contributed by atoms with E-state index in [9.17, 15) is 9.67 Å². The molecule has 4 atom stereocenters. The minimum absolute atomic E-state index is 0.0214. The topological polar surface area (TPSA) is 46.5 Å². The fourth-order valence-electron chi connectivity index (χ4n) is 3.29. The molecule has 21 heavy (non-hydrogen) atoms. The highest BCUT2D eigenvalue weighted by atomic mass is 31.2. The van der Waals surface area contributed by atoms with Crippen LogP contribution in [0.25, 0.3) is 0 Å². The van der Waals surface area contributed by atoms with Crippen molar-refractivity contribution >= 4 is 12.7 Å². The van der Waals surface area contributed by atoms with Crippen molar-refractivity contribution in [1.29, 1.82) is 0 Å². The first-order valence-corrected chi connectivity index (χ1v) is 9.71. The monoisotopic (exact) mass is 310 g/mol. The van der Waals surface area contributed by atoms with Gasteiger partial charge < -0.3 is 9.63 Å². The van der Waals surface area contributed by atoms with E-state index in [1.54, 1.807) is 12.1 Å². The SMILES string of the molecule is CC1CCC(C(C)C)C(OP(=O)(CO)c2ccccc2)C1. The molecular weight excluding hydrogens is 283 g/mol. The average Bonchev–Trinajstić information content (AvgIpc) is 2.47. The van der Waals surface area contributed by atoms with Gasteiger partial charge in [-0.15, -0.1) is 0 Å². The molecule has 1 aromatic carbocycles. The van der Waals surface area contributed by atoms with Crippen molar-refractivity contribution < 1.29 is 14.2 Å². The van der Waals surface area contributed by atoms with E-state index in [2.05, 4.69) is 20.8 Å². The minimum Gasteiger partial charge on any atom is -0.386 e.